The lowest BCUT2D eigenvalue weighted by Gasteiger charge is -2.32. The standard InChI is InChI=1S/C15H14F3N3O4/c1-8-6-10(4-5-12(8)21(24)25)13(22)20-14(23,15(16,17)18)7-11(19-20)9-2-3-9/h4-6,9,23H,2-3,7H2,1H3. The highest BCUT2D eigenvalue weighted by Gasteiger charge is 2.64. The number of aliphatic hydroxyl groups is 1. The van der Waals surface area contributed by atoms with Crippen molar-refractivity contribution in [3.8, 4) is 0 Å². The third-order valence-electron chi connectivity index (χ3n) is 4.34. The molecule has 1 unspecified atom stereocenters. The number of carbonyl (C=O) groups excluding carboxylic acids is 1. The summed E-state index contributed by atoms with van der Waals surface area (Å²) < 4.78 is 40.1. The van der Waals surface area contributed by atoms with Gasteiger partial charge < -0.3 is 5.11 Å². The minimum atomic E-state index is -5.08. The molecule has 1 N–H and O–H groups in total. The average molecular weight is 357 g/mol. The summed E-state index contributed by atoms with van der Waals surface area (Å²) in [7, 11) is 0. The zero-order chi connectivity index (χ0) is 18.6. The van der Waals surface area contributed by atoms with Gasteiger partial charge in [-0.1, -0.05) is 0 Å². The van der Waals surface area contributed by atoms with E-state index in [2.05, 4.69) is 5.10 Å². The van der Waals surface area contributed by atoms with Crippen LogP contribution in [0, 0.1) is 23.0 Å². The Hall–Kier alpha value is -2.49. The van der Waals surface area contributed by atoms with Crippen molar-refractivity contribution < 1.29 is 28.0 Å². The van der Waals surface area contributed by atoms with Gasteiger partial charge in [-0.25, -0.2) is 0 Å². The van der Waals surface area contributed by atoms with Gasteiger partial charge in [0.15, 0.2) is 0 Å². The van der Waals surface area contributed by atoms with Crippen molar-refractivity contribution in [2.24, 2.45) is 11.0 Å². The first-order chi connectivity index (χ1) is 11.5. The first-order valence-electron chi connectivity index (χ1n) is 7.50. The predicted octanol–water partition coefficient (Wildman–Crippen LogP) is 2.77. The van der Waals surface area contributed by atoms with Crippen LogP contribution in [-0.4, -0.2) is 38.6 Å². The third kappa shape index (κ3) is 2.86. The number of nitrogens with zero attached hydrogens (tertiary/aromatic N) is 3. The number of aryl methyl sites for hydroxylation is 1. The van der Waals surface area contributed by atoms with Crippen LogP contribution >= 0.6 is 0 Å². The van der Waals surface area contributed by atoms with E-state index in [0.717, 1.165) is 18.2 Å². The van der Waals surface area contributed by atoms with E-state index in [-0.39, 0.29) is 33.5 Å². The number of hydrazone groups is 1. The number of amides is 1. The average Bonchev–Trinajstić information content (AvgIpc) is 3.28. The number of nitro groups is 1. The molecule has 0 saturated heterocycles. The Morgan fingerprint density at radius 2 is 2.08 bits per heavy atom. The molecule has 25 heavy (non-hydrogen) atoms. The van der Waals surface area contributed by atoms with Gasteiger partial charge in [0.1, 0.15) is 0 Å². The Kier molecular flexibility index (Phi) is 3.82. The minimum Gasteiger partial charge on any atom is -0.362 e. The number of benzene rings is 1. The van der Waals surface area contributed by atoms with Crippen LogP contribution in [0.1, 0.15) is 35.2 Å². The molecule has 0 bridgehead atoms. The van der Waals surface area contributed by atoms with Crippen LogP contribution in [0.3, 0.4) is 0 Å². The molecule has 3 rings (SSSR count). The summed E-state index contributed by atoms with van der Waals surface area (Å²) in [5, 5.41) is 24.7. The molecule has 1 fully saturated rings. The molecule has 2 aliphatic rings. The van der Waals surface area contributed by atoms with Crippen LogP contribution in [0.15, 0.2) is 23.3 Å². The summed E-state index contributed by atoms with van der Waals surface area (Å²) in [6, 6.07) is 3.20. The molecule has 1 heterocycles. The third-order valence-corrected chi connectivity index (χ3v) is 4.34. The first kappa shape index (κ1) is 17.3. The molecule has 134 valence electrons. The fraction of sp³-hybridized carbons (Fsp3) is 0.467. The largest absolute Gasteiger partial charge is 0.438 e. The van der Waals surface area contributed by atoms with Crippen molar-refractivity contribution in [1.82, 2.24) is 5.01 Å². The molecule has 1 aliphatic heterocycles. The zero-order valence-electron chi connectivity index (χ0n) is 13.1. The second-order valence-electron chi connectivity index (χ2n) is 6.23. The molecule has 1 aromatic rings. The number of rotatable bonds is 3. The van der Waals surface area contributed by atoms with Gasteiger partial charge >= 0.3 is 6.18 Å². The van der Waals surface area contributed by atoms with E-state index in [9.17, 15) is 33.2 Å². The lowest BCUT2D eigenvalue weighted by atomic mass is 10.0. The Morgan fingerprint density at radius 3 is 2.56 bits per heavy atom. The molecule has 0 spiro atoms. The summed E-state index contributed by atoms with van der Waals surface area (Å²) in [5.74, 6) is -1.31. The smallest absolute Gasteiger partial charge is 0.362 e. The SMILES string of the molecule is Cc1cc(C(=O)N2N=C(C3CC3)CC2(O)C(F)(F)F)ccc1[N+](=O)[O-]. The van der Waals surface area contributed by atoms with Crippen molar-refractivity contribution in [3.63, 3.8) is 0 Å². The first-order valence-corrected chi connectivity index (χ1v) is 7.50. The topological polar surface area (TPSA) is 96.0 Å². The van der Waals surface area contributed by atoms with Crippen LogP contribution in [0.5, 0.6) is 0 Å². The lowest BCUT2D eigenvalue weighted by molar-refractivity contribution is -0.385. The van der Waals surface area contributed by atoms with Gasteiger partial charge in [-0.05, 0) is 37.8 Å². The lowest BCUT2D eigenvalue weighted by Crippen LogP contribution is -2.56. The van der Waals surface area contributed by atoms with Gasteiger partial charge in [0.05, 0.1) is 4.92 Å². The normalized spacial score (nSPS) is 23.6. The van der Waals surface area contributed by atoms with Crippen LogP contribution in [0.4, 0.5) is 18.9 Å². The maximum atomic E-state index is 13.4. The predicted molar refractivity (Wildman–Crippen MR) is 79.8 cm³/mol. The second-order valence-corrected chi connectivity index (χ2v) is 6.23. The van der Waals surface area contributed by atoms with Crippen LogP contribution < -0.4 is 0 Å². The van der Waals surface area contributed by atoms with Gasteiger partial charge in [0.2, 0.25) is 0 Å². The molecule has 1 atom stereocenters. The molecule has 0 radical (unpaired) electrons. The van der Waals surface area contributed by atoms with Crippen LogP contribution in [0.2, 0.25) is 0 Å². The molecule has 1 aliphatic carbocycles. The summed E-state index contributed by atoms with van der Waals surface area (Å²) >= 11 is 0. The van der Waals surface area contributed by atoms with E-state index in [1.807, 2.05) is 0 Å². The van der Waals surface area contributed by atoms with Crippen LogP contribution in [0.25, 0.3) is 0 Å². The number of halogens is 3. The Balaban J connectivity index is 1.98. The fourth-order valence-electron chi connectivity index (χ4n) is 2.77. The Morgan fingerprint density at radius 1 is 1.44 bits per heavy atom. The van der Waals surface area contributed by atoms with E-state index in [4.69, 9.17) is 0 Å². The van der Waals surface area contributed by atoms with Gasteiger partial charge in [0, 0.05) is 29.3 Å². The molecule has 1 aromatic carbocycles. The highest BCUT2D eigenvalue weighted by molar-refractivity contribution is 5.99. The number of nitro benzene ring substituents is 1. The van der Waals surface area contributed by atoms with Crippen molar-refractivity contribution >= 4 is 17.3 Å². The number of alkyl halides is 3. The van der Waals surface area contributed by atoms with Crippen LogP contribution in [-0.2, 0) is 0 Å². The van der Waals surface area contributed by atoms with Crippen molar-refractivity contribution in [2.45, 2.75) is 38.1 Å². The molecular formula is C15H14F3N3O4. The summed E-state index contributed by atoms with van der Waals surface area (Å²) in [4.78, 5) is 22.7. The van der Waals surface area contributed by atoms with E-state index in [0.29, 0.717) is 12.8 Å². The highest BCUT2D eigenvalue weighted by atomic mass is 19.4. The Labute approximate surface area is 139 Å². The molecule has 0 aromatic heterocycles. The molecular weight excluding hydrogens is 343 g/mol. The number of hydrogen-bond donors (Lipinski definition) is 1. The maximum absolute atomic E-state index is 13.4. The summed E-state index contributed by atoms with van der Waals surface area (Å²) in [5.41, 5.74) is -3.61. The van der Waals surface area contributed by atoms with Crippen molar-refractivity contribution in [2.75, 3.05) is 0 Å². The molecule has 7 nitrogen and oxygen atoms in total. The molecule has 10 heteroatoms. The fourth-order valence-corrected chi connectivity index (χ4v) is 2.77. The van der Waals surface area contributed by atoms with E-state index < -0.39 is 29.2 Å². The monoisotopic (exact) mass is 357 g/mol. The summed E-state index contributed by atoms with van der Waals surface area (Å²) in [6.07, 6.45) is -4.52. The van der Waals surface area contributed by atoms with E-state index >= 15 is 0 Å². The summed E-state index contributed by atoms with van der Waals surface area (Å²) in [6.45, 7) is 1.37. The van der Waals surface area contributed by atoms with Gasteiger partial charge in [0.25, 0.3) is 17.3 Å². The number of hydrogen-bond acceptors (Lipinski definition) is 5. The van der Waals surface area contributed by atoms with Gasteiger partial charge in [-0.3, -0.25) is 14.9 Å². The second kappa shape index (κ2) is 5.51. The van der Waals surface area contributed by atoms with E-state index in [1.54, 1.807) is 0 Å². The van der Waals surface area contributed by atoms with Gasteiger partial charge in [-0.15, -0.1) is 0 Å². The van der Waals surface area contributed by atoms with E-state index in [1.165, 1.54) is 6.92 Å². The van der Waals surface area contributed by atoms with Crippen molar-refractivity contribution in [1.29, 1.82) is 0 Å². The molecule has 1 saturated carbocycles. The number of carbonyl (C=O) groups is 1. The minimum absolute atomic E-state index is 0.0568. The molecule has 1 amide bonds. The van der Waals surface area contributed by atoms with Crippen molar-refractivity contribution in [3.05, 3.63) is 39.4 Å². The highest BCUT2D eigenvalue weighted by Crippen LogP contribution is 2.45. The zero-order valence-corrected chi connectivity index (χ0v) is 13.1. The van der Waals surface area contributed by atoms with Gasteiger partial charge in [-0.2, -0.15) is 23.3 Å². The maximum Gasteiger partial charge on any atom is 0.438 e. The Bertz CT molecular complexity index is 789. The quantitative estimate of drug-likeness (QED) is 0.664.